The van der Waals surface area contributed by atoms with Gasteiger partial charge in [0.2, 0.25) is 0 Å². The molecular weight excluding hydrogens is 206 g/mol. The molecule has 1 N–H and O–H groups in total. The summed E-state index contributed by atoms with van der Waals surface area (Å²) in [6.45, 7) is 0.634. The van der Waals surface area contributed by atoms with E-state index in [1.54, 1.807) is 11.9 Å². The summed E-state index contributed by atoms with van der Waals surface area (Å²) in [5.74, 6) is 0. The van der Waals surface area contributed by atoms with E-state index in [0.29, 0.717) is 6.54 Å². The second kappa shape index (κ2) is 3.23. The lowest BCUT2D eigenvalue weighted by atomic mass is 10.1. The highest BCUT2D eigenvalue weighted by molar-refractivity contribution is 5.78. The van der Waals surface area contributed by atoms with Crippen molar-refractivity contribution >= 4 is 17.1 Å². The molecule has 1 atom stereocenters. The first-order chi connectivity index (χ1) is 7.75. The minimum atomic E-state index is -0.0392. The standard InChI is InChI=1S/C11H11N3O2/c1-14-9(5-12-11(14)15)7-2-3-8-10(4-7)16-6-13-8/h2-4,6,9H,5H2,1H3,(H,12,15). The van der Waals surface area contributed by atoms with Gasteiger partial charge < -0.3 is 14.6 Å². The van der Waals surface area contributed by atoms with E-state index in [9.17, 15) is 4.79 Å². The van der Waals surface area contributed by atoms with Crippen LogP contribution in [0.25, 0.3) is 11.1 Å². The van der Waals surface area contributed by atoms with Crippen LogP contribution in [0.2, 0.25) is 0 Å². The Hall–Kier alpha value is -2.04. The number of rotatable bonds is 1. The Bertz CT molecular complexity index is 549. The van der Waals surface area contributed by atoms with E-state index in [2.05, 4.69) is 10.3 Å². The Morgan fingerprint density at radius 3 is 3.19 bits per heavy atom. The lowest BCUT2D eigenvalue weighted by Gasteiger charge is -2.17. The van der Waals surface area contributed by atoms with Gasteiger partial charge in [-0.25, -0.2) is 9.78 Å². The third kappa shape index (κ3) is 1.25. The van der Waals surface area contributed by atoms with Crippen LogP contribution in [0, 0.1) is 0 Å². The highest BCUT2D eigenvalue weighted by Crippen LogP contribution is 2.25. The van der Waals surface area contributed by atoms with Crippen LogP contribution < -0.4 is 5.32 Å². The van der Waals surface area contributed by atoms with Crippen molar-refractivity contribution in [1.82, 2.24) is 15.2 Å². The third-order valence-electron chi connectivity index (χ3n) is 2.97. The first-order valence-electron chi connectivity index (χ1n) is 5.09. The molecule has 1 fully saturated rings. The SMILES string of the molecule is CN1C(=O)NCC1c1ccc2ncoc2c1. The topological polar surface area (TPSA) is 58.4 Å². The number of aromatic nitrogens is 1. The number of likely N-dealkylation sites (N-methyl/N-ethyl adjacent to an activating group) is 1. The number of carbonyl (C=O) groups excluding carboxylic acids is 1. The van der Waals surface area contributed by atoms with Crippen LogP contribution in [0.1, 0.15) is 11.6 Å². The van der Waals surface area contributed by atoms with Crippen molar-refractivity contribution in [2.45, 2.75) is 6.04 Å². The van der Waals surface area contributed by atoms with Crippen molar-refractivity contribution in [2.75, 3.05) is 13.6 Å². The molecular formula is C11H11N3O2. The first kappa shape index (κ1) is 9.21. The molecule has 1 aromatic heterocycles. The van der Waals surface area contributed by atoms with Crippen molar-refractivity contribution in [3.63, 3.8) is 0 Å². The molecule has 1 unspecified atom stereocenters. The normalized spacial score (nSPS) is 20.4. The first-order valence-corrected chi connectivity index (χ1v) is 5.09. The van der Waals surface area contributed by atoms with Gasteiger partial charge in [0.25, 0.3) is 0 Å². The largest absolute Gasteiger partial charge is 0.443 e. The minimum Gasteiger partial charge on any atom is -0.443 e. The lowest BCUT2D eigenvalue weighted by molar-refractivity contribution is 0.217. The molecule has 0 spiro atoms. The summed E-state index contributed by atoms with van der Waals surface area (Å²) in [5, 5.41) is 2.80. The van der Waals surface area contributed by atoms with Crippen LogP contribution >= 0.6 is 0 Å². The van der Waals surface area contributed by atoms with Crippen molar-refractivity contribution in [1.29, 1.82) is 0 Å². The second-order valence-electron chi connectivity index (χ2n) is 3.89. The summed E-state index contributed by atoms with van der Waals surface area (Å²) >= 11 is 0. The Labute approximate surface area is 92.1 Å². The van der Waals surface area contributed by atoms with Crippen LogP contribution in [0.15, 0.2) is 29.0 Å². The number of hydrogen-bond donors (Lipinski definition) is 1. The maximum absolute atomic E-state index is 11.4. The maximum Gasteiger partial charge on any atom is 0.317 e. The average molecular weight is 217 g/mol. The Morgan fingerprint density at radius 2 is 2.44 bits per heavy atom. The summed E-state index contributed by atoms with van der Waals surface area (Å²) in [5.41, 5.74) is 2.65. The molecule has 0 bridgehead atoms. The number of hydrogen-bond acceptors (Lipinski definition) is 3. The van der Waals surface area contributed by atoms with E-state index in [0.717, 1.165) is 16.7 Å². The fourth-order valence-corrected chi connectivity index (χ4v) is 2.01. The van der Waals surface area contributed by atoms with Gasteiger partial charge in [0, 0.05) is 13.6 Å². The summed E-state index contributed by atoms with van der Waals surface area (Å²) in [4.78, 5) is 17.1. The Morgan fingerprint density at radius 1 is 1.56 bits per heavy atom. The number of amides is 2. The predicted octanol–water partition coefficient (Wildman–Crippen LogP) is 1.52. The van der Waals surface area contributed by atoms with Crippen LogP contribution in [-0.4, -0.2) is 29.5 Å². The fourth-order valence-electron chi connectivity index (χ4n) is 2.01. The highest BCUT2D eigenvalue weighted by atomic mass is 16.3. The van der Waals surface area contributed by atoms with Crippen LogP contribution in [0.4, 0.5) is 4.79 Å². The molecule has 16 heavy (non-hydrogen) atoms. The summed E-state index contributed by atoms with van der Waals surface area (Å²) in [7, 11) is 1.79. The summed E-state index contributed by atoms with van der Waals surface area (Å²) in [6.07, 6.45) is 1.43. The monoisotopic (exact) mass is 217 g/mol. The fraction of sp³-hybridized carbons (Fsp3) is 0.273. The molecule has 0 radical (unpaired) electrons. The van der Waals surface area contributed by atoms with Gasteiger partial charge in [0.15, 0.2) is 12.0 Å². The molecule has 1 aliphatic heterocycles. The molecule has 2 aromatic rings. The zero-order valence-electron chi connectivity index (χ0n) is 8.80. The molecule has 82 valence electrons. The molecule has 5 nitrogen and oxygen atoms in total. The van der Waals surface area contributed by atoms with Crippen molar-refractivity contribution in [3.8, 4) is 0 Å². The van der Waals surface area contributed by atoms with Crippen LogP contribution in [0.5, 0.6) is 0 Å². The average Bonchev–Trinajstić information content (AvgIpc) is 2.86. The van der Waals surface area contributed by atoms with Crippen molar-refractivity contribution < 1.29 is 9.21 Å². The highest BCUT2D eigenvalue weighted by Gasteiger charge is 2.28. The Balaban J connectivity index is 2.02. The number of nitrogens with one attached hydrogen (secondary N) is 1. The van der Waals surface area contributed by atoms with Gasteiger partial charge in [-0.1, -0.05) is 6.07 Å². The van der Waals surface area contributed by atoms with Gasteiger partial charge >= 0.3 is 6.03 Å². The molecule has 0 saturated carbocycles. The number of carbonyl (C=O) groups is 1. The van der Waals surface area contributed by atoms with Crippen molar-refractivity contribution in [2.24, 2.45) is 0 Å². The van der Waals surface area contributed by atoms with E-state index in [1.165, 1.54) is 6.39 Å². The van der Waals surface area contributed by atoms with Gasteiger partial charge in [-0.3, -0.25) is 0 Å². The van der Waals surface area contributed by atoms with E-state index >= 15 is 0 Å². The van der Waals surface area contributed by atoms with E-state index in [-0.39, 0.29) is 12.1 Å². The molecule has 1 saturated heterocycles. The number of oxazole rings is 1. The summed E-state index contributed by atoms with van der Waals surface area (Å²) in [6, 6.07) is 5.85. The number of urea groups is 1. The van der Waals surface area contributed by atoms with E-state index < -0.39 is 0 Å². The Kier molecular flexibility index (Phi) is 1.86. The zero-order chi connectivity index (χ0) is 11.1. The van der Waals surface area contributed by atoms with Gasteiger partial charge in [-0.05, 0) is 17.7 Å². The third-order valence-corrected chi connectivity index (χ3v) is 2.97. The summed E-state index contributed by atoms with van der Waals surface area (Å²) < 4.78 is 5.25. The quantitative estimate of drug-likeness (QED) is 0.787. The maximum atomic E-state index is 11.4. The number of benzene rings is 1. The molecule has 1 aliphatic rings. The molecule has 1 aromatic carbocycles. The van der Waals surface area contributed by atoms with Crippen LogP contribution in [0.3, 0.4) is 0 Å². The van der Waals surface area contributed by atoms with E-state index in [1.807, 2.05) is 18.2 Å². The zero-order valence-corrected chi connectivity index (χ0v) is 8.80. The molecule has 0 aliphatic carbocycles. The van der Waals surface area contributed by atoms with Gasteiger partial charge in [-0.2, -0.15) is 0 Å². The van der Waals surface area contributed by atoms with Gasteiger partial charge in [0.05, 0.1) is 6.04 Å². The molecule has 3 rings (SSSR count). The molecule has 2 amide bonds. The van der Waals surface area contributed by atoms with Gasteiger partial charge in [-0.15, -0.1) is 0 Å². The second-order valence-corrected chi connectivity index (χ2v) is 3.89. The molecule has 2 heterocycles. The molecule has 5 heteroatoms. The predicted molar refractivity (Wildman–Crippen MR) is 57.9 cm³/mol. The number of nitrogens with zero attached hydrogens (tertiary/aromatic N) is 2. The number of fused-ring (bicyclic) bond motifs is 1. The van der Waals surface area contributed by atoms with Crippen molar-refractivity contribution in [3.05, 3.63) is 30.2 Å². The van der Waals surface area contributed by atoms with E-state index in [4.69, 9.17) is 4.42 Å². The lowest BCUT2D eigenvalue weighted by Crippen LogP contribution is -2.25. The van der Waals surface area contributed by atoms with Crippen LogP contribution in [-0.2, 0) is 0 Å². The smallest absolute Gasteiger partial charge is 0.317 e. The van der Waals surface area contributed by atoms with Gasteiger partial charge in [0.1, 0.15) is 5.52 Å². The minimum absolute atomic E-state index is 0.0392.